The summed E-state index contributed by atoms with van der Waals surface area (Å²) < 4.78 is 5.73. The number of cyclic esters (lactones) is 1. The molecular formula is C14H23NO2Si. The quantitative estimate of drug-likeness (QED) is 0.679. The second-order valence-corrected chi connectivity index (χ2v) is 11.9. The molecule has 3 nitrogen and oxygen atoms in total. The minimum atomic E-state index is -1.54. The van der Waals surface area contributed by atoms with Gasteiger partial charge in [0.25, 0.3) is 0 Å². The third-order valence-corrected chi connectivity index (χ3v) is 6.33. The lowest BCUT2D eigenvalue weighted by Crippen LogP contribution is -2.49. The summed E-state index contributed by atoms with van der Waals surface area (Å²) in [5.74, 6) is 0.696. The Kier molecular flexibility index (Phi) is 2.81. The van der Waals surface area contributed by atoms with E-state index in [1.165, 1.54) is 24.8 Å². The van der Waals surface area contributed by atoms with Gasteiger partial charge in [-0.3, -0.25) is 0 Å². The number of hydrogen-bond acceptors (Lipinski definition) is 2. The van der Waals surface area contributed by atoms with Crippen LogP contribution in [-0.2, 0) is 4.74 Å². The molecule has 3 rings (SSSR count). The predicted molar refractivity (Wildman–Crippen MR) is 73.9 cm³/mol. The van der Waals surface area contributed by atoms with Crippen LogP contribution in [0.25, 0.3) is 0 Å². The molecule has 1 saturated heterocycles. The fourth-order valence-electron chi connectivity index (χ4n) is 3.80. The number of hydrogen-bond donors (Lipinski definition) is 0. The van der Waals surface area contributed by atoms with Crippen molar-refractivity contribution in [1.82, 2.24) is 4.90 Å². The lowest BCUT2D eigenvalue weighted by atomic mass is 9.97. The maximum atomic E-state index is 12.2. The van der Waals surface area contributed by atoms with E-state index < -0.39 is 8.07 Å². The van der Waals surface area contributed by atoms with Crippen molar-refractivity contribution in [2.75, 3.05) is 6.54 Å². The zero-order valence-corrected chi connectivity index (χ0v) is 12.7. The van der Waals surface area contributed by atoms with Crippen molar-refractivity contribution < 1.29 is 9.53 Å². The SMILES string of the molecule is C[Si](C)(C)C1=C2CC[C@H]3CCCCN(C(=O)O1)[C@@H]23. The molecule has 0 radical (unpaired) electrons. The first-order chi connectivity index (χ1) is 8.48. The normalized spacial score (nSPS) is 32.2. The van der Waals surface area contributed by atoms with Gasteiger partial charge in [-0.05, 0) is 37.2 Å². The molecule has 0 bridgehead atoms. The maximum Gasteiger partial charge on any atom is 0.415 e. The number of amides is 1. The van der Waals surface area contributed by atoms with E-state index in [0.717, 1.165) is 24.8 Å². The van der Waals surface area contributed by atoms with Crippen LogP contribution in [0.2, 0.25) is 19.6 Å². The van der Waals surface area contributed by atoms with E-state index >= 15 is 0 Å². The average Bonchev–Trinajstić information content (AvgIpc) is 2.56. The van der Waals surface area contributed by atoms with Crippen LogP contribution in [0.3, 0.4) is 0 Å². The molecule has 0 spiro atoms. The molecule has 0 aromatic rings. The molecule has 1 saturated carbocycles. The lowest BCUT2D eigenvalue weighted by Gasteiger charge is -2.39. The molecule has 3 aliphatic rings. The first kappa shape index (κ1) is 12.3. The maximum absolute atomic E-state index is 12.2. The standard InChI is InChI=1S/C14H23NO2Si/c1-18(2,3)13-11-8-7-10-6-4-5-9-15(12(10)11)14(16)17-13/h10,12H,4-9H2,1-3H3/t10-,12-/m1/s1. The van der Waals surface area contributed by atoms with Crippen LogP contribution in [0.1, 0.15) is 32.1 Å². The number of carbonyl (C=O) groups is 1. The number of carbonyl (C=O) groups excluding carboxylic acids is 1. The molecule has 0 N–H and O–H groups in total. The molecule has 0 unspecified atom stereocenters. The van der Waals surface area contributed by atoms with E-state index in [0.29, 0.717) is 12.0 Å². The van der Waals surface area contributed by atoms with E-state index in [1.807, 2.05) is 4.90 Å². The first-order valence-electron chi connectivity index (χ1n) is 7.20. The van der Waals surface area contributed by atoms with E-state index in [-0.39, 0.29) is 6.09 Å². The summed E-state index contributed by atoms with van der Waals surface area (Å²) in [5.41, 5.74) is 1.47. The van der Waals surface area contributed by atoms with E-state index in [2.05, 4.69) is 19.6 Å². The zero-order valence-electron chi connectivity index (χ0n) is 11.7. The molecule has 4 heteroatoms. The van der Waals surface area contributed by atoms with Crippen molar-refractivity contribution in [3.8, 4) is 0 Å². The number of rotatable bonds is 1. The number of nitrogens with zero attached hydrogens (tertiary/aromatic N) is 1. The molecule has 100 valence electrons. The van der Waals surface area contributed by atoms with Gasteiger partial charge in [-0.2, -0.15) is 0 Å². The highest BCUT2D eigenvalue weighted by atomic mass is 28.3. The summed E-state index contributed by atoms with van der Waals surface area (Å²) in [6.07, 6.45) is 6.02. The van der Waals surface area contributed by atoms with E-state index in [4.69, 9.17) is 4.74 Å². The Labute approximate surface area is 110 Å². The summed E-state index contributed by atoms with van der Waals surface area (Å²) in [7, 11) is -1.54. The van der Waals surface area contributed by atoms with Gasteiger partial charge in [0.15, 0.2) is 0 Å². The fraction of sp³-hybridized carbons (Fsp3) is 0.786. The van der Waals surface area contributed by atoms with Crippen LogP contribution in [0.5, 0.6) is 0 Å². The molecule has 1 amide bonds. The van der Waals surface area contributed by atoms with Gasteiger partial charge in [-0.1, -0.05) is 26.1 Å². The van der Waals surface area contributed by atoms with E-state index in [1.54, 1.807) is 0 Å². The zero-order chi connectivity index (χ0) is 12.9. The van der Waals surface area contributed by atoms with Crippen molar-refractivity contribution in [3.63, 3.8) is 0 Å². The van der Waals surface area contributed by atoms with Crippen molar-refractivity contribution in [3.05, 3.63) is 11.0 Å². The molecule has 2 fully saturated rings. The Balaban J connectivity index is 2.06. The van der Waals surface area contributed by atoms with Crippen LogP contribution in [0.15, 0.2) is 11.0 Å². The number of ether oxygens (including phenoxy) is 1. The largest absolute Gasteiger partial charge is 0.420 e. The van der Waals surface area contributed by atoms with Crippen molar-refractivity contribution in [1.29, 1.82) is 0 Å². The van der Waals surface area contributed by atoms with Gasteiger partial charge in [0.2, 0.25) is 0 Å². The smallest absolute Gasteiger partial charge is 0.415 e. The third-order valence-electron chi connectivity index (χ3n) is 4.54. The Morgan fingerprint density at radius 2 is 2.00 bits per heavy atom. The highest BCUT2D eigenvalue weighted by Crippen LogP contribution is 2.45. The fourth-order valence-corrected chi connectivity index (χ4v) is 5.43. The Hall–Kier alpha value is -0.773. The summed E-state index contributed by atoms with van der Waals surface area (Å²) >= 11 is 0. The average molecular weight is 265 g/mol. The first-order valence-corrected chi connectivity index (χ1v) is 10.7. The van der Waals surface area contributed by atoms with Gasteiger partial charge < -0.3 is 9.64 Å². The van der Waals surface area contributed by atoms with Crippen LogP contribution in [-0.4, -0.2) is 31.7 Å². The van der Waals surface area contributed by atoms with Gasteiger partial charge in [0, 0.05) is 6.54 Å². The highest BCUT2D eigenvalue weighted by molar-refractivity contribution is 6.82. The van der Waals surface area contributed by atoms with Crippen molar-refractivity contribution in [2.24, 2.45) is 5.92 Å². The minimum Gasteiger partial charge on any atom is -0.420 e. The van der Waals surface area contributed by atoms with Crippen molar-refractivity contribution in [2.45, 2.75) is 57.8 Å². The summed E-state index contributed by atoms with van der Waals surface area (Å²) in [6.45, 7) is 7.73. The minimum absolute atomic E-state index is 0.0741. The lowest BCUT2D eigenvalue weighted by molar-refractivity contribution is 0.100. The van der Waals surface area contributed by atoms with E-state index in [9.17, 15) is 4.79 Å². The summed E-state index contributed by atoms with van der Waals surface area (Å²) in [4.78, 5) is 14.3. The van der Waals surface area contributed by atoms with Crippen LogP contribution >= 0.6 is 0 Å². The van der Waals surface area contributed by atoms with Gasteiger partial charge in [0.1, 0.15) is 8.07 Å². The molecule has 2 aliphatic heterocycles. The molecule has 0 aromatic carbocycles. The second-order valence-electron chi connectivity index (χ2n) is 6.91. The van der Waals surface area contributed by atoms with Gasteiger partial charge in [0.05, 0.1) is 11.4 Å². The topological polar surface area (TPSA) is 29.5 Å². The Morgan fingerprint density at radius 3 is 2.72 bits per heavy atom. The van der Waals surface area contributed by atoms with Crippen LogP contribution < -0.4 is 0 Å². The Bertz CT molecular complexity index is 411. The molecule has 0 aromatic heterocycles. The monoisotopic (exact) mass is 265 g/mol. The van der Waals surface area contributed by atoms with Gasteiger partial charge >= 0.3 is 6.09 Å². The second kappa shape index (κ2) is 4.12. The van der Waals surface area contributed by atoms with Crippen molar-refractivity contribution >= 4 is 14.2 Å². The molecule has 2 atom stereocenters. The Morgan fingerprint density at radius 1 is 1.22 bits per heavy atom. The van der Waals surface area contributed by atoms with Crippen LogP contribution in [0.4, 0.5) is 4.79 Å². The van der Waals surface area contributed by atoms with Crippen LogP contribution in [0, 0.1) is 5.92 Å². The summed E-state index contributed by atoms with van der Waals surface area (Å²) in [6, 6.07) is 0.385. The molecule has 2 heterocycles. The third kappa shape index (κ3) is 1.81. The predicted octanol–water partition coefficient (Wildman–Crippen LogP) is 3.53. The van der Waals surface area contributed by atoms with Gasteiger partial charge in [-0.25, -0.2) is 4.79 Å². The molecule has 1 aliphatic carbocycles. The van der Waals surface area contributed by atoms with Gasteiger partial charge in [-0.15, -0.1) is 0 Å². The highest BCUT2D eigenvalue weighted by Gasteiger charge is 2.47. The summed E-state index contributed by atoms with van der Waals surface area (Å²) in [5, 5.41) is 1.10. The molecular weight excluding hydrogens is 242 g/mol. The molecule has 18 heavy (non-hydrogen) atoms.